The summed E-state index contributed by atoms with van der Waals surface area (Å²) in [5.74, 6) is 1.79. The molecule has 0 radical (unpaired) electrons. The highest BCUT2D eigenvalue weighted by Gasteiger charge is 2.25. The minimum Gasteiger partial charge on any atom is -0.497 e. The van der Waals surface area contributed by atoms with Gasteiger partial charge >= 0.3 is 0 Å². The third-order valence-electron chi connectivity index (χ3n) is 2.82. The third-order valence-corrected chi connectivity index (χ3v) is 2.82. The molecule has 1 saturated heterocycles. The van der Waals surface area contributed by atoms with E-state index in [1.165, 1.54) is 0 Å². The van der Waals surface area contributed by atoms with Crippen LogP contribution in [0.25, 0.3) is 0 Å². The summed E-state index contributed by atoms with van der Waals surface area (Å²) in [5.41, 5.74) is 1.20. The summed E-state index contributed by atoms with van der Waals surface area (Å²) in [5, 5.41) is 0. The van der Waals surface area contributed by atoms with Crippen LogP contribution < -0.4 is 9.47 Å². The molecule has 0 N–H and O–H groups in total. The van der Waals surface area contributed by atoms with Crippen LogP contribution in [0.2, 0.25) is 0 Å². The molecule has 3 heteroatoms. The molecule has 1 aromatic rings. The number of rotatable bonds is 4. The second kappa shape index (κ2) is 4.57. The SMILES string of the molecule is COc1ccc(OC[C@@H]2CO2)c(C(C)(C)C)c1. The Bertz CT molecular complexity index is 389. The molecule has 0 saturated carbocycles. The van der Waals surface area contributed by atoms with Crippen LogP contribution in [-0.2, 0) is 10.2 Å². The van der Waals surface area contributed by atoms with E-state index >= 15 is 0 Å². The van der Waals surface area contributed by atoms with Crippen molar-refractivity contribution in [3.8, 4) is 11.5 Å². The fourth-order valence-electron chi connectivity index (χ4n) is 1.70. The third kappa shape index (κ3) is 3.13. The molecule has 1 atom stereocenters. The maximum atomic E-state index is 5.81. The van der Waals surface area contributed by atoms with Gasteiger partial charge in [-0.25, -0.2) is 0 Å². The monoisotopic (exact) mass is 236 g/mol. The lowest BCUT2D eigenvalue weighted by Crippen LogP contribution is -2.15. The first-order valence-electron chi connectivity index (χ1n) is 5.93. The van der Waals surface area contributed by atoms with Crippen LogP contribution in [0, 0.1) is 0 Å². The van der Waals surface area contributed by atoms with Crippen molar-refractivity contribution in [1.29, 1.82) is 0 Å². The van der Waals surface area contributed by atoms with Gasteiger partial charge in [-0.3, -0.25) is 0 Å². The van der Waals surface area contributed by atoms with E-state index in [9.17, 15) is 0 Å². The number of methoxy groups -OCH3 is 1. The number of benzene rings is 1. The van der Waals surface area contributed by atoms with E-state index in [1.807, 2.05) is 18.2 Å². The van der Waals surface area contributed by atoms with Crippen molar-refractivity contribution in [3.05, 3.63) is 23.8 Å². The van der Waals surface area contributed by atoms with Gasteiger partial charge in [-0.15, -0.1) is 0 Å². The summed E-state index contributed by atoms with van der Waals surface area (Å²) in [6.07, 6.45) is 0.282. The first-order valence-corrected chi connectivity index (χ1v) is 5.93. The molecule has 3 nitrogen and oxygen atoms in total. The van der Waals surface area contributed by atoms with E-state index in [0.717, 1.165) is 23.7 Å². The van der Waals surface area contributed by atoms with Crippen LogP contribution in [0.1, 0.15) is 26.3 Å². The Labute approximate surface area is 103 Å². The summed E-state index contributed by atoms with van der Waals surface area (Å²) in [4.78, 5) is 0. The Balaban J connectivity index is 2.22. The fraction of sp³-hybridized carbons (Fsp3) is 0.571. The van der Waals surface area contributed by atoms with Crippen molar-refractivity contribution >= 4 is 0 Å². The highest BCUT2D eigenvalue weighted by Crippen LogP contribution is 2.34. The molecule has 1 aliphatic heterocycles. The Morgan fingerprint density at radius 1 is 1.35 bits per heavy atom. The molecule has 1 aromatic carbocycles. The van der Waals surface area contributed by atoms with Gasteiger partial charge in [0, 0.05) is 5.56 Å². The van der Waals surface area contributed by atoms with E-state index in [2.05, 4.69) is 20.8 Å². The second-order valence-corrected chi connectivity index (χ2v) is 5.38. The van der Waals surface area contributed by atoms with E-state index in [1.54, 1.807) is 7.11 Å². The first-order chi connectivity index (χ1) is 8.00. The average Bonchev–Trinajstić information content (AvgIpc) is 3.08. The highest BCUT2D eigenvalue weighted by atomic mass is 16.6. The largest absolute Gasteiger partial charge is 0.497 e. The maximum Gasteiger partial charge on any atom is 0.123 e. The second-order valence-electron chi connectivity index (χ2n) is 5.38. The van der Waals surface area contributed by atoms with Crippen LogP contribution in [0.4, 0.5) is 0 Å². The zero-order valence-electron chi connectivity index (χ0n) is 10.9. The van der Waals surface area contributed by atoms with Crippen molar-refractivity contribution in [2.45, 2.75) is 32.3 Å². The molecule has 0 aliphatic carbocycles. The maximum absolute atomic E-state index is 5.81. The predicted molar refractivity (Wildman–Crippen MR) is 66.9 cm³/mol. The van der Waals surface area contributed by atoms with Crippen molar-refractivity contribution in [3.63, 3.8) is 0 Å². The van der Waals surface area contributed by atoms with Gasteiger partial charge in [0.05, 0.1) is 13.7 Å². The molecule has 1 heterocycles. The highest BCUT2D eigenvalue weighted by molar-refractivity contribution is 5.44. The van der Waals surface area contributed by atoms with Gasteiger partial charge in [0.2, 0.25) is 0 Å². The van der Waals surface area contributed by atoms with Crippen LogP contribution in [-0.4, -0.2) is 26.4 Å². The van der Waals surface area contributed by atoms with E-state index < -0.39 is 0 Å². The molecule has 1 fully saturated rings. The Morgan fingerprint density at radius 2 is 2.06 bits per heavy atom. The lowest BCUT2D eigenvalue weighted by molar-refractivity contribution is 0.257. The standard InChI is InChI=1S/C14H20O3/c1-14(2,3)12-7-10(15-4)5-6-13(12)17-9-11-8-16-11/h5-7,11H,8-9H2,1-4H3/t11-/m0/s1. The van der Waals surface area contributed by atoms with Gasteiger partial charge < -0.3 is 14.2 Å². The number of hydrogen-bond acceptors (Lipinski definition) is 3. The Morgan fingerprint density at radius 3 is 2.59 bits per heavy atom. The fourth-order valence-corrected chi connectivity index (χ4v) is 1.70. The smallest absolute Gasteiger partial charge is 0.123 e. The van der Waals surface area contributed by atoms with Crippen LogP contribution in [0.3, 0.4) is 0 Å². The minimum atomic E-state index is 0.0360. The van der Waals surface area contributed by atoms with E-state index in [4.69, 9.17) is 14.2 Å². The number of ether oxygens (including phenoxy) is 3. The number of hydrogen-bond donors (Lipinski definition) is 0. The predicted octanol–water partition coefficient (Wildman–Crippen LogP) is 2.77. The first kappa shape index (κ1) is 12.2. The molecule has 0 amide bonds. The minimum absolute atomic E-state index is 0.0360. The summed E-state index contributed by atoms with van der Waals surface area (Å²) < 4.78 is 16.2. The van der Waals surface area contributed by atoms with Gasteiger partial charge in [0.25, 0.3) is 0 Å². The quantitative estimate of drug-likeness (QED) is 0.753. The summed E-state index contributed by atoms with van der Waals surface area (Å²) in [6.45, 7) is 7.96. The molecule has 0 unspecified atom stereocenters. The topological polar surface area (TPSA) is 31.0 Å². The Kier molecular flexibility index (Phi) is 3.29. The molecule has 0 aromatic heterocycles. The van der Waals surface area contributed by atoms with E-state index in [-0.39, 0.29) is 11.5 Å². The lowest BCUT2D eigenvalue weighted by Gasteiger charge is -2.23. The Hall–Kier alpha value is -1.22. The molecule has 17 heavy (non-hydrogen) atoms. The lowest BCUT2D eigenvalue weighted by atomic mass is 9.86. The average molecular weight is 236 g/mol. The van der Waals surface area contributed by atoms with Crippen molar-refractivity contribution in [2.24, 2.45) is 0 Å². The van der Waals surface area contributed by atoms with Crippen molar-refractivity contribution in [2.75, 3.05) is 20.3 Å². The van der Waals surface area contributed by atoms with Gasteiger partial charge in [-0.2, -0.15) is 0 Å². The van der Waals surface area contributed by atoms with Crippen LogP contribution >= 0.6 is 0 Å². The molecule has 2 rings (SSSR count). The van der Waals surface area contributed by atoms with Gasteiger partial charge in [0.1, 0.15) is 24.2 Å². The van der Waals surface area contributed by atoms with E-state index in [0.29, 0.717) is 6.61 Å². The summed E-state index contributed by atoms with van der Waals surface area (Å²) in [6, 6.07) is 5.95. The number of epoxide rings is 1. The molecular formula is C14H20O3. The zero-order valence-corrected chi connectivity index (χ0v) is 10.9. The van der Waals surface area contributed by atoms with Gasteiger partial charge in [0.15, 0.2) is 0 Å². The zero-order chi connectivity index (χ0) is 12.5. The molecule has 0 spiro atoms. The molecular weight excluding hydrogens is 216 g/mol. The van der Waals surface area contributed by atoms with Crippen LogP contribution in [0.15, 0.2) is 18.2 Å². The normalized spacial score (nSPS) is 18.9. The molecule has 0 bridgehead atoms. The van der Waals surface area contributed by atoms with Crippen molar-refractivity contribution < 1.29 is 14.2 Å². The molecule has 1 aliphatic rings. The molecule has 94 valence electrons. The van der Waals surface area contributed by atoms with Gasteiger partial charge in [-0.1, -0.05) is 20.8 Å². The van der Waals surface area contributed by atoms with Gasteiger partial charge in [-0.05, 0) is 23.6 Å². The summed E-state index contributed by atoms with van der Waals surface area (Å²) >= 11 is 0. The van der Waals surface area contributed by atoms with Crippen molar-refractivity contribution in [1.82, 2.24) is 0 Å². The summed E-state index contributed by atoms with van der Waals surface area (Å²) in [7, 11) is 1.68. The van der Waals surface area contributed by atoms with Crippen LogP contribution in [0.5, 0.6) is 11.5 Å².